The first-order chi connectivity index (χ1) is 14.0. The van der Waals surface area contributed by atoms with E-state index in [9.17, 15) is 4.79 Å². The summed E-state index contributed by atoms with van der Waals surface area (Å²) in [4.78, 5) is 21.1. The first-order valence-electron chi connectivity index (χ1n) is 8.83. The Bertz CT molecular complexity index is 1010. The third-order valence-electron chi connectivity index (χ3n) is 4.09. The molecule has 8 nitrogen and oxygen atoms in total. The molecule has 3 rings (SSSR count). The van der Waals surface area contributed by atoms with Crippen LogP contribution in [0.3, 0.4) is 0 Å². The van der Waals surface area contributed by atoms with E-state index in [-0.39, 0.29) is 5.91 Å². The predicted molar refractivity (Wildman–Crippen MR) is 111 cm³/mol. The molecule has 0 atom stereocenters. The Morgan fingerprint density at radius 1 is 0.897 bits per heavy atom. The number of nitrogens with one attached hydrogen (secondary N) is 2. The Balaban J connectivity index is 1.73. The van der Waals surface area contributed by atoms with Gasteiger partial charge in [-0.3, -0.25) is 4.79 Å². The summed E-state index contributed by atoms with van der Waals surface area (Å²) in [5.74, 6) is 2.29. The predicted octanol–water partition coefficient (Wildman–Crippen LogP) is 3.81. The number of para-hydroxylation sites is 1. The molecule has 0 fully saturated rings. The number of anilines is 3. The Labute approximate surface area is 168 Å². The van der Waals surface area contributed by atoms with Gasteiger partial charge in [-0.1, -0.05) is 6.07 Å². The van der Waals surface area contributed by atoms with Gasteiger partial charge in [0.1, 0.15) is 11.6 Å². The third kappa shape index (κ3) is 4.73. The van der Waals surface area contributed by atoms with Gasteiger partial charge in [0.15, 0.2) is 11.5 Å². The summed E-state index contributed by atoms with van der Waals surface area (Å²) >= 11 is 0. The quantitative estimate of drug-likeness (QED) is 0.629. The summed E-state index contributed by atoms with van der Waals surface area (Å²) in [6.45, 7) is 1.79. The standard InChI is InChI=1S/C21H22N4O4/c1-13-22-18(12-19(23-13)28-3)24-14-8-10-15(11-9-14)25-21(26)16-6-5-7-17(27-2)20(16)29-4/h5-12H,1-4H3,(H,25,26)(H,22,23,24). The van der Waals surface area contributed by atoms with Crippen molar-refractivity contribution in [1.29, 1.82) is 0 Å². The molecule has 0 aliphatic heterocycles. The lowest BCUT2D eigenvalue weighted by Crippen LogP contribution is -2.13. The van der Waals surface area contributed by atoms with E-state index in [1.165, 1.54) is 14.2 Å². The molecule has 150 valence electrons. The first-order valence-corrected chi connectivity index (χ1v) is 8.83. The summed E-state index contributed by atoms with van der Waals surface area (Å²) in [6, 6.07) is 14.1. The maximum atomic E-state index is 12.7. The van der Waals surface area contributed by atoms with Gasteiger partial charge in [-0.2, -0.15) is 4.98 Å². The fraction of sp³-hybridized carbons (Fsp3) is 0.190. The summed E-state index contributed by atoms with van der Waals surface area (Å²) in [7, 11) is 4.58. The van der Waals surface area contributed by atoms with Crippen LogP contribution in [-0.4, -0.2) is 37.2 Å². The lowest BCUT2D eigenvalue weighted by molar-refractivity contribution is 0.102. The van der Waals surface area contributed by atoms with Crippen molar-refractivity contribution in [2.24, 2.45) is 0 Å². The van der Waals surface area contributed by atoms with Gasteiger partial charge in [0, 0.05) is 17.4 Å². The lowest BCUT2D eigenvalue weighted by atomic mass is 10.1. The second-order valence-corrected chi connectivity index (χ2v) is 6.04. The fourth-order valence-electron chi connectivity index (χ4n) is 2.76. The zero-order chi connectivity index (χ0) is 20.8. The van der Waals surface area contributed by atoms with Crippen molar-refractivity contribution in [3.63, 3.8) is 0 Å². The van der Waals surface area contributed by atoms with E-state index in [2.05, 4.69) is 20.6 Å². The number of ether oxygens (including phenoxy) is 3. The van der Waals surface area contributed by atoms with Crippen molar-refractivity contribution in [2.75, 3.05) is 32.0 Å². The largest absolute Gasteiger partial charge is 0.493 e. The molecule has 0 spiro atoms. The van der Waals surface area contributed by atoms with Gasteiger partial charge in [0.2, 0.25) is 5.88 Å². The van der Waals surface area contributed by atoms with Gasteiger partial charge >= 0.3 is 0 Å². The minimum absolute atomic E-state index is 0.294. The number of benzene rings is 2. The molecule has 29 heavy (non-hydrogen) atoms. The SMILES string of the molecule is COc1cc(Nc2ccc(NC(=O)c3cccc(OC)c3OC)cc2)nc(C)n1. The summed E-state index contributed by atoms with van der Waals surface area (Å²) in [6.07, 6.45) is 0. The number of carbonyl (C=O) groups is 1. The summed E-state index contributed by atoms with van der Waals surface area (Å²) in [5, 5.41) is 6.04. The monoisotopic (exact) mass is 394 g/mol. The van der Waals surface area contributed by atoms with Crippen molar-refractivity contribution in [3.8, 4) is 17.4 Å². The van der Waals surface area contributed by atoms with E-state index < -0.39 is 0 Å². The molecule has 3 aromatic rings. The Hall–Kier alpha value is -3.81. The number of nitrogens with zero attached hydrogens (tertiary/aromatic N) is 2. The average molecular weight is 394 g/mol. The molecular weight excluding hydrogens is 372 g/mol. The van der Waals surface area contributed by atoms with Crippen LogP contribution in [0, 0.1) is 6.92 Å². The van der Waals surface area contributed by atoms with Gasteiger partial charge in [-0.05, 0) is 43.3 Å². The molecule has 0 aliphatic rings. The van der Waals surface area contributed by atoms with Crippen molar-refractivity contribution >= 4 is 23.1 Å². The Morgan fingerprint density at radius 3 is 2.28 bits per heavy atom. The molecule has 1 amide bonds. The van der Waals surface area contributed by atoms with E-state index in [0.717, 1.165) is 5.69 Å². The Kier molecular flexibility index (Phi) is 6.13. The zero-order valence-corrected chi connectivity index (χ0v) is 16.6. The molecule has 0 saturated carbocycles. The van der Waals surface area contributed by atoms with Crippen LogP contribution in [0.5, 0.6) is 17.4 Å². The molecule has 2 aromatic carbocycles. The number of methoxy groups -OCH3 is 3. The molecule has 1 heterocycles. The molecule has 0 saturated heterocycles. The van der Waals surface area contributed by atoms with E-state index in [1.54, 1.807) is 50.4 Å². The van der Waals surface area contributed by atoms with Crippen molar-refractivity contribution in [3.05, 3.63) is 59.9 Å². The fourth-order valence-corrected chi connectivity index (χ4v) is 2.76. The number of hydrogen-bond donors (Lipinski definition) is 2. The van der Waals surface area contributed by atoms with Crippen LogP contribution >= 0.6 is 0 Å². The molecule has 0 bridgehead atoms. The van der Waals surface area contributed by atoms with E-state index in [0.29, 0.717) is 40.3 Å². The van der Waals surface area contributed by atoms with Crippen LogP contribution in [-0.2, 0) is 0 Å². The van der Waals surface area contributed by atoms with Crippen LogP contribution < -0.4 is 24.8 Å². The first kappa shape index (κ1) is 19.9. The molecule has 8 heteroatoms. The second-order valence-electron chi connectivity index (χ2n) is 6.04. The lowest BCUT2D eigenvalue weighted by Gasteiger charge is -2.13. The number of aromatic nitrogens is 2. The Morgan fingerprint density at radius 2 is 1.62 bits per heavy atom. The normalized spacial score (nSPS) is 10.2. The van der Waals surface area contributed by atoms with Crippen LogP contribution in [0.4, 0.5) is 17.2 Å². The maximum absolute atomic E-state index is 12.7. The maximum Gasteiger partial charge on any atom is 0.259 e. The van der Waals surface area contributed by atoms with Crippen molar-refractivity contribution in [1.82, 2.24) is 9.97 Å². The highest BCUT2D eigenvalue weighted by Crippen LogP contribution is 2.31. The summed E-state index contributed by atoms with van der Waals surface area (Å²) < 4.78 is 15.7. The van der Waals surface area contributed by atoms with Gasteiger partial charge in [0.05, 0.1) is 26.9 Å². The van der Waals surface area contributed by atoms with Crippen molar-refractivity contribution in [2.45, 2.75) is 6.92 Å². The summed E-state index contributed by atoms with van der Waals surface area (Å²) in [5.41, 5.74) is 1.83. The third-order valence-corrected chi connectivity index (χ3v) is 4.09. The minimum atomic E-state index is -0.294. The highest BCUT2D eigenvalue weighted by atomic mass is 16.5. The number of rotatable bonds is 7. The van der Waals surface area contributed by atoms with Crippen molar-refractivity contribution < 1.29 is 19.0 Å². The number of carbonyl (C=O) groups excluding carboxylic acids is 1. The average Bonchev–Trinajstić information content (AvgIpc) is 2.73. The highest BCUT2D eigenvalue weighted by molar-refractivity contribution is 6.06. The van der Waals surface area contributed by atoms with E-state index >= 15 is 0 Å². The molecule has 0 radical (unpaired) electrons. The highest BCUT2D eigenvalue weighted by Gasteiger charge is 2.16. The van der Waals surface area contributed by atoms with Crippen LogP contribution in [0.25, 0.3) is 0 Å². The topological polar surface area (TPSA) is 94.6 Å². The van der Waals surface area contributed by atoms with Crippen LogP contribution in [0.15, 0.2) is 48.5 Å². The van der Waals surface area contributed by atoms with E-state index in [1.807, 2.05) is 12.1 Å². The van der Waals surface area contributed by atoms with Gasteiger partial charge in [0.25, 0.3) is 5.91 Å². The van der Waals surface area contributed by atoms with Gasteiger partial charge in [-0.25, -0.2) is 4.98 Å². The molecular formula is C21H22N4O4. The number of hydrogen-bond acceptors (Lipinski definition) is 7. The minimum Gasteiger partial charge on any atom is -0.493 e. The zero-order valence-electron chi connectivity index (χ0n) is 16.6. The van der Waals surface area contributed by atoms with Gasteiger partial charge in [-0.15, -0.1) is 0 Å². The second kappa shape index (κ2) is 8.92. The van der Waals surface area contributed by atoms with Crippen LogP contribution in [0.2, 0.25) is 0 Å². The van der Waals surface area contributed by atoms with Crippen LogP contribution in [0.1, 0.15) is 16.2 Å². The molecule has 2 N–H and O–H groups in total. The molecule has 1 aromatic heterocycles. The van der Waals surface area contributed by atoms with E-state index in [4.69, 9.17) is 14.2 Å². The molecule has 0 aliphatic carbocycles. The number of amides is 1. The number of aryl methyl sites for hydroxylation is 1. The molecule has 0 unspecified atom stereocenters. The smallest absolute Gasteiger partial charge is 0.259 e. The van der Waals surface area contributed by atoms with Gasteiger partial charge < -0.3 is 24.8 Å².